The summed E-state index contributed by atoms with van der Waals surface area (Å²) in [6.45, 7) is 5.24. The highest BCUT2D eigenvalue weighted by molar-refractivity contribution is 5.99. The smallest absolute Gasteiger partial charge is 0.424 e. The Labute approximate surface area is 241 Å². The first kappa shape index (κ1) is 29.2. The van der Waals surface area contributed by atoms with Crippen LogP contribution in [0.5, 0.6) is 23.0 Å². The van der Waals surface area contributed by atoms with Crippen LogP contribution < -0.4 is 29.2 Å². The Balaban J connectivity index is 1.65. The molecular formula is C32H36N4O5. The van der Waals surface area contributed by atoms with Gasteiger partial charge in [0.2, 0.25) is 0 Å². The fourth-order valence-electron chi connectivity index (χ4n) is 4.16. The van der Waals surface area contributed by atoms with Gasteiger partial charge in [0.05, 0.1) is 25.6 Å². The molecule has 4 rings (SSSR count). The first-order valence-corrected chi connectivity index (χ1v) is 13.2. The fourth-order valence-corrected chi connectivity index (χ4v) is 4.16. The summed E-state index contributed by atoms with van der Waals surface area (Å²) in [6.07, 6.45) is 1.04. The van der Waals surface area contributed by atoms with Crippen molar-refractivity contribution in [1.29, 1.82) is 0 Å². The lowest BCUT2D eigenvalue weighted by Gasteiger charge is -2.25. The number of para-hydroxylation sites is 1. The van der Waals surface area contributed by atoms with Crippen molar-refractivity contribution in [3.63, 3.8) is 0 Å². The standard InChI is InChI=1S/C32H36N4O5/c1-22-8-7-9-23(2)31(22)41-32(37)36(28-15-14-27(38-5)21-29(28)39-6)25-16-17-33-30(20-25)34-24-10-12-26(13-11-24)40-19-18-35(3)4/h7-17,20-21H,18-19H2,1-6H3,(H,33,34). The number of ether oxygens (including phenoxy) is 4. The molecule has 3 aromatic carbocycles. The number of hydrogen-bond donors (Lipinski definition) is 1. The third-order valence-electron chi connectivity index (χ3n) is 6.34. The molecular weight excluding hydrogens is 520 g/mol. The molecule has 0 aliphatic heterocycles. The molecule has 0 fully saturated rings. The van der Waals surface area contributed by atoms with Crippen LogP contribution in [-0.2, 0) is 0 Å². The molecule has 41 heavy (non-hydrogen) atoms. The second kappa shape index (κ2) is 13.5. The summed E-state index contributed by atoms with van der Waals surface area (Å²) in [6, 6.07) is 22.1. The number of nitrogens with zero attached hydrogens (tertiary/aromatic N) is 3. The van der Waals surface area contributed by atoms with Gasteiger partial charge in [-0.05, 0) is 81.5 Å². The van der Waals surface area contributed by atoms with Crippen LogP contribution in [0.1, 0.15) is 11.1 Å². The van der Waals surface area contributed by atoms with Crippen LogP contribution in [0, 0.1) is 13.8 Å². The molecule has 0 aliphatic carbocycles. The number of amides is 1. The number of aryl methyl sites for hydroxylation is 2. The highest BCUT2D eigenvalue weighted by Gasteiger charge is 2.26. The van der Waals surface area contributed by atoms with Gasteiger partial charge in [-0.3, -0.25) is 0 Å². The van der Waals surface area contributed by atoms with Gasteiger partial charge in [-0.15, -0.1) is 0 Å². The van der Waals surface area contributed by atoms with E-state index in [0.717, 1.165) is 29.1 Å². The number of pyridine rings is 1. The minimum absolute atomic E-state index is 0.444. The lowest BCUT2D eigenvalue weighted by atomic mass is 10.1. The molecule has 0 bridgehead atoms. The molecule has 0 aliphatic rings. The molecule has 214 valence electrons. The molecule has 4 aromatic rings. The zero-order chi connectivity index (χ0) is 29.4. The van der Waals surface area contributed by atoms with Gasteiger partial charge in [-0.2, -0.15) is 0 Å². The quantitative estimate of drug-likeness (QED) is 0.218. The summed E-state index contributed by atoms with van der Waals surface area (Å²) in [5.41, 5.74) is 3.55. The van der Waals surface area contributed by atoms with Crippen molar-refractivity contribution in [2.45, 2.75) is 13.8 Å². The molecule has 1 N–H and O–H groups in total. The number of nitrogens with one attached hydrogen (secondary N) is 1. The molecule has 1 heterocycles. The number of aromatic nitrogens is 1. The van der Waals surface area contributed by atoms with E-state index in [2.05, 4.69) is 15.2 Å². The normalized spacial score (nSPS) is 10.7. The Morgan fingerprint density at radius 3 is 2.24 bits per heavy atom. The molecule has 0 radical (unpaired) electrons. The van der Waals surface area contributed by atoms with Gasteiger partial charge in [-0.25, -0.2) is 14.7 Å². The summed E-state index contributed by atoms with van der Waals surface area (Å²) >= 11 is 0. The molecule has 1 aromatic heterocycles. The Morgan fingerprint density at radius 2 is 1.59 bits per heavy atom. The van der Waals surface area contributed by atoms with Crippen molar-refractivity contribution >= 4 is 29.0 Å². The number of benzene rings is 3. The monoisotopic (exact) mass is 556 g/mol. The van der Waals surface area contributed by atoms with E-state index in [0.29, 0.717) is 41.0 Å². The maximum absolute atomic E-state index is 13.8. The van der Waals surface area contributed by atoms with E-state index in [1.54, 1.807) is 50.7 Å². The van der Waals surface area contributed by atoms with Gasteiger partial charge in [0.15, 0.2) is 0 Å². The average molecular weight is 557 g/mol. The van der Waals surface area contributed by atoms with Gasteiger partial charge in [0.1, 0.15) is 35.4 Å². The Kier molecular flexibility index (Phi) is 9.65. The SMILES string of the molecule is COc1ccc(N(C(=O)Oc2c(C)cccc2C)c2ccnc(Nc3ccc(OCCN(C)C)cc3)c2)c(OC)c1. The summed E-state index contributed by atoms with van der Waals surface area (Å²) in [4.78, 5) is 21.8. The van der Waals surface area contributed by atoms with E-state index in [1.165, 1.54) is 4.90 Å². The van der Waals surface area contributed by atoms with Crippen LogP contribution in [0.2, 0.25) is 0 Å². The molecule has 0 saturated carbocycles. The molecule has 9 heteroatoms. The minimum atomic E-state index is -0.595. The number of hydrogen-bond acceptors (Lipinski definition) is 8. The number of carbonyl (C=O) groups is 1. The van der Waals surface area contributed by atoms with E-state index in [1.807, 2.05) is 70.4 Å². The predicted molar refractivity (Wildman–Crippen MR) is 162 cm³/mol. The number of likely N-dealkylation sites (N-methyl/N-ethyl adjacent to an activating group) is 1. The second-order valence-corrected chi connectivity index (χ2v) is 9.66. The lowest BCUT2D eigenvalue weighted by molar-refractivity contribution is 0.209. The minimum Gasteiger partial charge on any atom is -0.497 e. The summed E-state index contributed by atoms with van der Waals surface area (Å²) in [5.74, 6) is 2.88. The van der Waals surface area contributed by atoms with Crippen LogP contribution in [-0.4, -0.2) is 57.4 Å². The van der Waals surface area contributed by atoms with Crippen LogP contribution >= 0.6 is 0 Å². The van der Waals surface area contributed by atoms with Crippen molar-refractivity contribution < 1.29 is 23.7 Å². The van der Waals surface area contributed by atoms with Crippen molar-refractivity contribution in [2.24, 2.45) is 0 Å². The number of rotatable bonds is 11. The third kappa shape index (κ3) is 7.46. The molecule has 0 spiro atoms. The Hall–Kier alpha value is -4.76. The van der Waals surface area contributed by atoms with Gasteiger partial charge in [-0.1, -0.05) is 18.2 Å². The predicted octanol–water partition coefficient (Wildman–Crippen LogP) is 6.74. The van der Waals surface area contributed by atoms with Crippen LogP contribution in [0.25, 0.3) is 0 Å². The van der Waals surface area contributed by atoms with Crippen molar-refractivity contribution in [1.82, 2.24) is 9.88 Å². The molecule has 9 nitrogen and oxygen atoms in total. The van der Waals surface area contributed by atoms with Crippen molar-refractivity contribution in [3.8, 4) is 23.0 Å². The Bertz CT molecular complexity index is 1450. The first-order chi connectivity index (χ1) is 19.8. The van der Waals surface area contributed by atoms with E-state index in [-0.39, 0.29) is 0 Å². The second-order valence-electron chi connectivity index (χ2n) is 9.66. The largest absolute Gasteiger partial charge is 0.497 e. The maximum Gasteiger partial charge on any atom is 0.424 e. The first-order valence-electron chi connectivity index (χ1n) is 13.2. The van der Waals surface area contributed by atoms with E-state index in [4.69, 9.17) is 18.9 Å². The van der Waals surface area contributed by atoms with E-state index < -0.39 is 6.09 Å². The number of methoxy groups -OCH3 is 2. The average Bonchev–Trinajstić information content (AvgIpc) is 2.96. The van der Waals surface area contributed by atoms with Gasteiger partial charge < -0.3 is 29.2 Å². The molecule has 0 atom stereocenters. The maximum atomic E-state index is 13.8. The topological polar surface area (TPSA) is 85.4 Å². The van der Waals surface area contributed by atoms with Crippen LogP contribution in [0.4, 0.5) is 27.7 Å². The molecule has 0 unspecified atom stereocenters. The summed E-state index contributed by atoms with van der Waals surface area (Å²) in [5, 5.41) is 3.30. The Morgan fingerprint density at radius 1 is 0.878 bits per heavy atom. The van der Waals surface area contributed by atoms with Crippen LogP contribution in [0.15, 0.2) is 79.0 Å². The zero-order valence-electron chi connectivity index (χ0n) is 24.3. The summed E-state index contributed by atoms with van der Waals surface area (Å²) < 4.78 is 22.8. The number of anilines is 4. The highest BCUT2D eigenvalue weighted by atomic mass is 16.6. The fraction of sp³-hybridized carbons (Fsp3) is 0.250. The van der Waals surface area contributed by atoms with Crippen molar-refractivity contribution in [2.75, 3.05) is 51.7 Å². The highest BCUT2D eigenvalue weighted by Crippen LogP contribution is 2.38. The van der Waals surface area contributed by atoms with Crippen LogP contribution in [0.3, 0.4) is 0 Å². The van der Waals surface area contributed by atoms with Gasteiger partial charge in [0, 0.05) is 30.6 Å². The zero-order valence-corrected chi connectivity index (χ0v) is 24.3. The van der Waals surface area contributed by atoms with E-state index >= 15 is 0 Å². The number of carbonyl (C=O) groups excluding carboxylic acids is 1. The lowest BCUT2D eigenvalue weighted by Crippen LogP contribution is -2.30. The molecule has 1 amide bonds. The van der Waals surface area contributed by atoms with E-state index in [9.17, 15) is 4.79 Å². The van der Waals surface area contributed by atoms with Gasteiger partial charge in [0.25, 0.3) is 0 Å². The van der Waals surface area contributed by atoms with Crippen molar-refractivity contribution in [3.05, 3.63) is 90.1 Å². The summed E-state index contributed by atoms with van der Waals surface area (Å²) in [7, 11) is 7.13. The third-order valence-corrected chi connectivity index (χ3v) is 6.34. The van der Waals surface area contributed by atoms with Gasteiger partial charge >= 0.3 is 6.09 Å². The molecule has 0 saturated heterocycles.